The topological polar surface area (TPSA) is 221 Å². The van der Waals surface area contributed by atoms with Crippen molar-refractivity contribution in [1.29, 1.82) is 0 Å². The molecular formula is C20H24BrN5O9. The second kappa shape index (κ2) is 9.67. The molecule has 3 saturated heterocycles. The normalized spacial score (nSPS) is 31.6. The standard InChI is InChI=1S/C20H24BrN5O9/c21-6-1-3-7(4-2-6)26-15-10(17(32)24-19(34)22-15)9(11-16(26)23-20(35)25-18(11)33)13(30)14(31)12(29)8(28)5-27/h1-4,8-16,27-31H,5H2,(H2,22,24,32,34)(H2,23,25,33,35). The number of imide groups is 2. The van der Waals surface area contributed by atoms with Crippen molar-refractivity contribution in [3.05, 3.63) is 28.7 Å². The van der Waals surface area contributed by atoms with Crippen LogP contribution in [0, 0.1) is 17.8 Å². The van der Waals surface area contributed by atoms with Gasteiger partial charge in [-0.2, -0.15) is 0 Å². The van der Waals surface area contributed by atoms with Crippen molar-refractivity contribution in [2.75, 3.05) is 11.5 Å². The zero-order chi connectivity index (χ0) is 25.6. The fourth-order valence-corrected chi connectivity index (χ4v) is 5.24. The van der Waals surface area contributed by atoms with Crippen LogP contribution >= 0.6 is 15.9 Å². The third-order valence-electron chi connectivity index (χ3n) is 6.55. The Bertz CT molecular complexity index is 983. The van der Waals surface area contributed by atoms with Crippen LogP contribution in [0.25, 0.3) is 0 Å². The Morgan fingerprint density at radius 3 is 1.77 bits per heavy atom. The van der Waals surface area contributed by atoms with E-state index < -0.39 is 85.0 Å². The summed E-state index contributed by atoms with van der Waals surface area (Å²) in [6, 6.07) is 4.89. The number of hydrogen-bond acceptors (Lipinski definition) is 10. The summed E-state index contributed by atoms with van der Waals surface area (Å²) in [5.74, 6) is -5.87. The molecule has 0 saturated carbocycles. The maximum absolute atomic E-state index is 13.0. The first kappa shape index (κ1) is 25.3. The Balaban J connectivity index is 1.83. The minimum absolute atomic E-state index is 0.424. The van der Waals surface area contributed by atoms with Crippen LogP contribution < -0.4 is 26.2 Å². The summed E-state index contributed by atoms with van der Waals surface area (Å²) in [5.41, 5.74) is 0.424. The minimum Gasteiger partial charge on any atom is -0.394 e. The summed E-state index contributed by atoms with van der Waals surface area (Å²) in [4.78, 5) is 52.0. The van der Waals surface area contributed by atoms with Gasteiger partial charge in [-0.3, -0.25) is 20.2 Å². The van der Waals surface area contributed by atoms with Crippen LogP contribution in [0.5, 0.6) is 0 Å². The second-order valence-electron chi connectivity index (χ2n) is 8.55. The molecule has 35 heavy (non-hydrogen) atoms. The number of benzene rings is 1. The number of anilines is 1. The van der Waals surface area contributed by atoms with Gasteiger partial charge in [0.2, 0.25) is 11.8 Å². The largest absolute Gasteiger partial charge is 0.394 e. The van der Waals surface area contributed by atoms with Crippen LogP contribution in [-0.2, 0) is 9.59 Å². The van der Waals surface area contributed by atoms with Crippen LogP contribution in [0.2, 0.25) is 0 Å². The molecule has 15 heteroatoms. The van der Waals surface area contributed by atoms with Gasteiger partial charge in [-0.05, 0) is 24.3 Å². The number of aliphatic hydroxyl groups excluding tert-OH is 5. The number of nitrogens with zero attached hydrogens (tertiary/aromatic N) is 1. The van der Waals surface area contributed by atoms with Gasteiger partial charge >= 0.3 is 12.1 Å². The van der Waals surface area contributed by atoms with E-state index in [4.69, 9.17) is 5.11 Å². The van der Waals surface area contributed by atoms with Gasteiger partial charge in [0.1, 0.15) is 30.6 Å². The number of rotatable bonds is 6. The summed E-state index contributed by atoms with van der Waals surface area (Å²) in [5, 5.41) is 60.0. The molecule has 1 aromatic carbocycles. The van der Waals surface area contributed by atoms with Crippen LogP contribution in [-0.4, -0.2) is 92.8 Å². The zero-order valence-electron chi connectivity index (χ0n) is 17.9. The molecule has 0 radical (unpaired) electrons. The van der Waals surface area contributed by atoms with E-state index in [0.717, 1.165) is 4.47 Å². The van der Waals surface area contributed by atoms with Crippen LogP contribution in [0.15, 0.2) is 28.7 Å². The first-order valence-corrected chi connectivity index (χ1v) is 11.4. The molecule has 14 nitrogen and oxygen atoms in total. The van der Waals surface area contributed by atoms with Gasteiger partial charge in [0, 0.05) is 16.1 Å². The highest BCUT2D eigenvalue weighted by Gasteiger charge is 2.61. The molecule has 4 rings (SSSR count). The average molecular weight is 558 g/mol. The number of amides is 6. The number of fused-ring (bicyclic) bond motifs is 2. The lowest BCUT2D eigenvalue weighted by atomic mass is 9.67. The lowest BCUT2D eigenvalue weighted by Crippen LogP contribution is -2.80. The number of piperidine rings is 1. The molecule has 3 fully saturated rings. The maximum atomic E-state index is 13.0. The lowest BCUT2D eigenvalue weighted by Gasteiger charge is -2.57. The molecule has 0 spiro atoms. The SMILES string of the molecule is O=C1NC(=O)C2C(C(O)C(O)C(O)C(O)CO)C3C(=O)NC(=O)NC3N(c3ccc(Br)cc3)C2N1. The number of nitrogens with one attached hydrogen (secondary N) is 4. The molecule has 3 aliphatic heterocycles. The summed E-state index contributed by atoms with van der Waals surface area (Å²) >= 11 is 3.31. The third-order valence-corrected chi connectivity index (χ3v) is 7.07. The Hall–Kier alpha value is -2.82. The fourth-order valence-electron chi connectivity index (χ4n) is 4.97. The van der Waals surface area contributed by atoms with Crippen molar-refractivity contribution in [3.63, 3.8) is 0 Å². The smallest absolute Gasteiger partial charge is 0.323 e. The van der Waals surface area contributed by atoms with Gasteiger partial charge in [0.25, 0.3) is 0 Å². The molecule has 0 aliphatic carbocycles. The number of carbonyl (C=O) groups excluding carboxylic acids is 4. The highest BCUT2D eigenvalue weighted by molar-refractivity contribution is 9.10. The number of halogens is 1. The van der Waals surface area contributed by atoms with Crippen molar-refractivity contribution in [1.82, 2.24) is 21.3 Å². The monoisotopic (exact) mass is 557 g/mol. The van der Waals surface area contributed by atoms with E-state index in [-0.39, 0.29) is 0 Å². The molecule has 0 aromatic heterocycles. The predicted octanol–water partition coefficient (Wildman–Crippen LogP) is -3.12. The second-order valence-corrected chi connectivity index (χ2v) is 9.47. The summed E-state index contributed by atoms with van der Waals surface area (Å²) in [6.45, 7) is -0.932. The van der Waals surface area contributed by atoms with Crippen molar-refractivity contribution in [3.8, 4) is 0 Å². The molecule has 3 aliphatic rings. The fraction of sp³-hybridized carbons (Fsp3) is 0.500. The van der Waals surface area contributed by atoms with E-state index in [1.54, 1.807) is 24.3 Å². The molecule has 1 aromatic rings. The van der Waals surface area contributed by atoms with E-state index in [1.165, 1.54) is 4.90 Å². The Labute approximate surface area is 206 Å². The van der Waals surface area contributed by atoms with E-state index in [0.29, 0.717) is 5.69 Å². The maximum Gasteiger partial charge on any atom is 0.323 e. The summed E-state index contributed by atoms with van der Waals surface area (Å²) < 4.78 is 0.718. The van der Waals surface area contributed by atoms with Crippen molar-refractivity contribution in [2.24, 2.45) is 17.8 Å². The average Bonchev–Trinajstić information content (AvgIpc) is 2.81. The van der Waals surface area contributed by atoms with Crippen LogP contribution in [0.4, 0.5) is 15.3 Å². The molecule has 9 N–H and O–H groups in total. The van der Waals surface area contributed by atoms with Crippen LogP contribution in [0.3, 0.4) is 0 Å². The van der Waals surface area contributed by atoms with Crippen molar-refractivity contribution < 1.29 is 44.7 Å². The number of urea groups is 2. The first-order valence-electron chi connectivity index (χ1n) is 10.6. The zero-order valence-corrected chi connectivity index (χ0v) is 19.5. The van der Waals surface area contributed by atoms with E-state index >= 15 is 0 Å². The molecule has 3 heterocycles. The number of hydrogen-bond donors (Lipinski definition) is 9. The minimum atomic E-state index is -2.10. The third kappa shape index (κ3) is 4.46. The van der Waals surface area contributed by atoms with E-state index in [1.807, 2.05) is 0 Å². The van der Waals surface area contributed by atoms with Gasteiger partial charge in [-0.15, -0.1) is 0 Å². The highest BCUT2D eigenvalue weighted by atomic mass is 79.9. The molecule has 0 bridgehead atoms. The quantitative estimate of drug-likeness (QED) is 0.171. The molecule has 6 amide bonds. The molecule has 8 unspecified atom stereocenters. The van der Waals surface area contributed by atoms with E-state index in [9.17, 15) is 39.6 Å². The van der Waals surface area contributed by atoms with Gasteiger partial charge in [-0.1, -0.05) is 15.9 Å². The van der Waals surface area contributed by atoms with Gasteiger partial charge < -0.3 is 41.1 Å². The number of carbonyl (C=O) groups is 4. The lowest BCUT2D eigenvalue weighted by molar-refractivity contribution is -0.163. The molecule has 190 valence electrons. The van der Waals surface area contributed by atoms with Gasteiger partial charge in [0.15, 0.2) is 0 Å². The summed E-state index contributed by atoms with van der Waals surface area (Å²) in [7, 11) is 0. The summed E-state index contributed by atoms with van der Waals surface area (Å²) in [6.07, 6.45) is -10.3. The Morgan fingerprint density at radius 2 is 1.31 bits per heavy atom. The highest BCUT2D eigenvalue weighted by Crippen LogP contribution is 2.43. The van der Waals surface area contributed by atoms with Gasteiger partial charge in [0.05, 0.1) is 24.5 Å². The molecular weight excluding hydrogens is 534 g/mol. The van der Waals surface area contributed by atoms with Gasteiger partial charge in [-0.25, -0.2) is 9.59 Å². The van der Waals surface area contributed by atoms with E-state index in [2.05, 4.69) is 37.2 Å². The number of aliphatic hydroxyl groups is 5. The van der Waals surface area contributed by atoms with Crippen molar-refractivity contribution >= 4 is 45.5 Å². The van der Waals surface area contributed by atoms with Crippen molar-refractivity contribution in [2.45, 2.75) is 36.7 Å². The first-order chi connectivity index (χ1) is 16.5. The Kier molecular flexibility index (Phi) is 6.99. The Morgan fingerprint density at radius 1 is 0.829 bits per heavy atom. The predicted molar refractivity (Wildman–Crippen MR) is 119 cm³/mol. The molecule has 8 atom stereocenters. The van der Waals surface area contributed by atoms with Crippen LogP contribution in [0.1, 0.15) is 0 Å².